The largest absolute Gasteiger partial charge is 0.445 e. The zero-order valence-corrected chi connectivity index (χ0v) is 16.1. The fourth-order valence-electron chi connectivity index (χ4n) is 2.82. The topological polar surface area (TPSA) is 93.5 Å². The predicted octanol–water partition coefficient (Wildman–Crippen LogP) is 2.77. The van der Waals surface area contributed by atoms with E-state index in [1.54, 1.807) is 0 Å². The lowest BCUT2D eigenvalue weighted by Gasteiger charge is -2.15. The fraction of sp³-hybridized carbons (Fsp3) is 0.364. The Labute approximate surface area is 166 Å². The molecule has 0 fully saturated rings. The van der Waals surface area contributed by atoms with Crippen LogP contribution in [0.15, 0.2) is 60.7 Å². The number of unbranched alkanes of at least 4 members (excludes halogenated alkanes) is 1. The van der Waals surface area contributed by atoms with Crippen LogP contribution in [0.1, 0.15) is 30.4 Å². The molecule has 0 unspecified atom stereocenters. The summed E-state index contributed by atoms with van der Waals surface area (Å²) in [7, 11) is 0. The third-order valence-electron chi connectivity index (χ3n) is 4.39. The second-order valence-electron chi connectivity index (χ2n) is 6.63. The van der Waals surface area contributed by atoms with Crippen molar-refractivity contribution in [3.05, 3.63) is 71.8 Å². The van der Waals surface area contributed by atoms with E-state index >= 15 is 0 Å². The number of nitrogens with one attached hydrogen (secondary N) is 2. The number of hydrogen-bond acceptors (Lipinski definition) is 4. The van der Waals surface area contributed by atoms with E-state index < -0.39 is 6.09 Å². The molecule has 2 amide bonds. The van der Waals surface area contributed by atoms with Crippen LogP contribution in [-0.2, 0) is 22.6 Å². The molecule has 0 bridgehead atoms. The normalized spacial score (nSPS) is 11.6. The number of benzene rings is 2. The average molecular weight is 383 g/mol. The quantitative estimate of drug-likeness (QED) is 0.491. The maximum atomic E-state index is 11.7. The molecule has 1 atom stereocenters. The van der Waals surface area contributed by atoms with Gasteiger partial charge in [0.15, 0.2) is 0 Å². The number of hydrogen-bond donors (Lipinski definition) is 3. The van der Waals surface area contributed by atoms with Crippen LogP contribution in [0.4, 0.5) is 4.79 Å². The molecule has 2 rings (SSSR count). The Balaban J connectivity index is 1.55. The average Bonchev–Trinajstić information content (AvgIpc) is 2.72. The van der Waals surface area contributed by atoms with Crippen LogP contribution in [0.25, 0.3) is 0 Å². The van der Waals surface area contributed by atoms with Gasteiger partial charge in [-0.3, -0.25) is 4.79 Å². The van der Waals surface area contributed by atoms with Crippen molar-refractivity contribution in [2.45, 2.75) is 38.3 Å². The monoisotopic (exact) mass is 383 g/mol. The summed E-state index contributed by atoms with van der Waals surface area (Å²) in [5.74, 6) is -0.344. The molecule has 0 aliphatic heterocycles. The molecule has 0 saturated carbocycles. The Kier molecular flexibility index (Phi) is 9.58. The molecule has 6 nitrogen and oxygen atoms in total. The first kappa shape index (κ1) is 21.4. The molecule has 0 saturated heterocycles. The SMILES string of the molecule is NC(=O)[C@H](CCCCNC(=O)OCc1ccccc1)NCCc1ccccc1. The van der Waals surface area contributed by atoms with Gasteiger partial charge in [0.25, 0.3) is 0 Å². The van der Waals surface area contributed by atoms with Gasteiger partial charge in [-0.2, -0.15) is 0 Å². The summed E-state index contributed by atoms with van der Waals surface area (Å²) < 4.78 is 5.15. The van der Waals surface area contributed by atoms with Crippen molar-refractivity contribution in [1.29, 1.82) is 0 Å². The van der Waals surface area contributed by atoms with E-state index in [-0.39, 0.29) is 18.6 Å². The standard InChI is InChI=1S/C22H29N3O3/c23-21(26)20(24-16-14-18-9-3-1-4-10-18)13-7-8-15-25-22(27)28-17-19-11-5-2-6-12-19/h1-6,9-12,20,24H,7-8,13-17H2,(H2,23,26)(H,25,27)/t20-/m0/s1. The van der Waals surface area contributed by atoms with Crippen molar-refractivity contribution in [2.24, 2.45) is 5.73 Å². The van der Waals surface area contributed by atoms with Gasteiger partial charge in [0.2, 0.25) is 5.91 Å². The van der Waals surface area contributed by atoms with E-state index in [4.69, 9.17) is 10.5 Å². The van der Waals surface area contributed by atoms with Crippen molar-refractivity contribution in [1.82, 2.24) is 10.6 Å². The van der Waals surface area contributed by atoms with Crippen LogP contribution in [0.3, 0.4) is 0 Å². The van der Waals surface area contributed by atoms with Gasteiger partial charge < -0.3 is 21.1 Å². The van der Waals surface area contributed by atoms with E-state index in [1.165, 1.54) is 5.56 Å². The first-order chi connectivity index (χ1) is 13.6. The van der Waals surface area contributed by atoms with E-state index in [2.05, 4.69) is 22.8 Å². The van der Waals surface area contributed by atoms with E-state index in [9.17, 15) is 9.59 Å². The Morgan fingerprint density at radius 3 is 2.18 bits per heavy atom. The van der Waals surface area contributed by atoms with Crippen molar-refractivity contribution in [2.75, 3.05) is 13.1 Å². The Bertz CT molecular complexity index is 707. The number of carbonyl (C=O) groups excluding carboxylic acids is 2. The molecule has 4 N–H and O–H groups in total. The summed E-state index contributed by atoms with van der Waals surface area (Å²) in [6, 6.07) is 19.3. The van der Waals surface area contributed by atoms with Crippen LogP contribution >= 0.6 is 0 Å². The first-order valence-electron chi connectivity index (χ1n) is 9.66. The lowest BCUT2D eigenvalue weighted by Crippen LogP contribution is -2.42. The van der Waals surface area contributed by atoms with Gasteiger partial charge in [-0.05, 0) is 43.4 Å². The Morgan fingerprint density at radius 2 is 1.54 bits per heavy atom. The highest BCUT2D eigenvalue weighted by Gasteiger charge is 2.13. The molecular formula is C22H29N3O3. The van der Waals surface area contributed by atoms with Crippen molar-refractivity contribution >= 4 is 12.0 Å². The number of nitrogens with two attached hydrogens (primary N) is 1. The summed E-state index contributed by atoms with van der Waals surface area (Å²) in [6.45, 7) is 1.45. The number of carbonyl (C=O) groups is 2. The van der Waals surface area contributed by atoms with Crippen LogP contribution in [0.2, 0.25) is 0 Å². The van der Waals surface area contributed by atoms with Gasteiger partial charge in [0.1, 0.15) is 6.61 Å². The maximum Gasteiger partial charge on any atom is 0.407 e. The van der Waals surface area contributed by atoms with Gasteiger partial charge in [-0.15, -0.1) is 0 Å². The highest BCUT2D eigenvalue weighted by molar-refractivity contribution is 5.79. The summed E-state index contributed by atoms with van der Waals surface area (Å²) >= 11 is 0. The molecule has 0 heterocycles. The molecule has 0 radical (unpaired) electrons. The van der Waals surface area contributed by atoms with Crippen LogP contribution in [-0.4, -0.2) is 31.1 Å². The molecule has 0 aliphatic carbocycles. The lowest BCUT2D eigenvalue weighted by molar-refractivity contribution is -0.120. The third kappa shape index (κ3) is 8.68. The van der Waals surface area contributed by atoms with Gasteiger partial charge in [0, 0.05) is 6.54 Å². The number of rotatable bonds is 12. The van der Waals surface area contributed by atoms with Gasteiger partial charge in [-0.25, -0.2) is 4.79 Å². The van der Waals surface area contributed by atoms with Crippen LogP contribution in [0, 0.1) is 0 Å². The van der Waals surface area contributed by atoms with Crippen molar-refractivity contribution < 1.29 is 14.3 Å². The smallest absolute Gasteiger partial charge is 0.407 e. The molecule has 28 heavy (non-hydrogen) atoms. The Hall–Kier alpha value is -2.86. The van der Waals surface area contributed by atoms with Gasteiger partial charge >= 0.3 is 6.09 Å². The minimum atomic E-state index is -0.434. The fourth-order valence-corrected chi connectivity index (χ4v) is 2.82. The zero-order valence-electron chi connectivity index (χ0n) is 16.1. The number of alkyl carbamates (subject to hydrolysis) is 1. The van der Waals surface area contributed by atoms with Gasteiger partial charge in [0.05, 0.1) is 6.04 Å². The molecule has 0 spiro atoms. The van der Waals surface area contributed by atoms with Crippen molar-refractivity contribution in [3.63, 3.8) is 0 Å². The first-order valence-corrected chi connectivity index (χ1v) is 9.66. The second-order valence-corrected chi connectivity index (χ2v) is 6.63. The number of ether oxygens (including phenoxy) is 1. The van der Waals surface area contributed by atoms with E-state index in [1.807, 2.05) is 48.5 Å². The van der Waals surface area contributed by atoms with E-state index in [0.29, 0.717) is 19.5 Å². The molecule has 2 aromatic carbocycles. The number of primary amides is 1. The van der Waals surface area contributed by atoms with Gasteiger partial charge in [-0.1, -0.05) is 60.7 Å². The minimum absolute atomic E-state index is 0.252. The molecular weight excluding hydrogens is 354 g/mol. The molecule has 0 aromatic heterocycles. The van der Waals surface area contributed by atoms with Crippen LogP contribution in [0.5, 0.6) is 0 Å². The molecule has 0 aliphatic rings. The zero-order chi connectivity index (χ0) is 20.0. The third-order valence-corrected chi connectivity index (χ3v) is 4.39. The minimum Gasteiger partial charge on any atom is -0.445 e. The summed E-state index contributed by atoms with van der Waals surface area (Å²) in [6.07, 6.45) is 2.59. The van der Waals surface area contributed by atoms with Crippen molar-refractivity contribution in [3.8, 4) is 0 Å². The molecule has 6 heteroatoms. The van der Waals surface area contributed by atoms with Crippen LogP contribution < -0.4 is 16.4 Å². The second kappa shape index (κ2) is 12.5. The number of amides is 2. The predicted molar refractivity (Wildman–Crippen MR) is 110 cm³/mol. The lowest BCUT2D eigenvalue weighted by atomic mass is 10.1. The molecule has 150 valence electrons. The summed E-state index contributed by atoms with van der Waals surface area (Å²) in [4.78, 5) is 23.3. The maximum absolute atomic E-state index is 11.7. The van der Waals surface area contributed by atoms with E-state index in [0.717, 1.165) is 24.8 Å². The Morgan fingerprint density at radius 1 is 0.893 bits per heavy atom. The summed E-state index contributed by atoms with van der Waals surface area (Å²) in [5.41, 5.74) is 7.65. The molecule has 2 aromatic rings. The highest BCUT2D eigenvalue weighted by Crippen LogP contribution is 2.03. The summed E-state index contributed by atoms with van der Waals surface area (Å²) in [5, 5.41) is 5.94. The highest BCUT2D eigenvalue weighted by atomic mass is 16.5.